The zero-order valence-electron chi connectivity index (χ0n) is 16.1. The molecule has 26 heavy (non-hydrogen) atoms. The van der Waals surface area contributed by atoms with Crippen LogP contribution in [0.5, 0.6) is 0 Å². The Kier molecular flexibility index (Phi) is 8.57. The van der Waals surface area contributed by atoms with Gasteiger partial charge < -0.3 is 16.4 Å². The number of halogens is 1. The van der Waals surface area contributed by atoms with Gasteiger partial charge in [-0.05, 0) is 56.4 Å². The molecule has 2 rings (SSSR count). The van der Waals surface area contributed by atoms with Gasteiger partial charge in [0.2, 0.25) is 11.8 Å². The number of nitrogens with one attached hydrogen (secondary N) is 2. The SMILES string of the molecule is CCCC(N)C(=O)NCC1(C(=O)Nc2ccc(C)c(C)c2)CCCC1.Cl. The largest absolute Gasteiger partial charge is 0.354 e. The molecular formula is C20H32ClN3O2. The zero-order valence-corrected chi connectivity index (χ0v) is 16.9. The van der Waals surface area contributed by atoms with Gasteiger partial charge in [-0.15, -0.1) is 12.4 Å². The third kappa shape index (κ3) is 5.45. The number of hydrogen-bond donors (Lipinski definition) is 3. The van der Waals surface area contributed by atoms with Crippen LogP contribution in [0.25, 0.3) is 0 Å². The molecule has 0 spiro atoms. The summed E-state index contributed by atoms with van der Waals surface area (Å²) in [7, 11) is 0. The van der Waals surface area contributed by atoms with Crippen LogP contribution in [0.15, 0.2) is 18.2 Å². The first-order valence-electron chi connectivity index (χ1n) is 9.30. The summed E-state index contributed by atoms with van der Waals surface area (Å²) in [6.07, 6.45) is 5.15. The van der Waals surface area contributed by atoms with Gasteiger partial charge in [-0.3, -0.25) is 9.59 Å². The summed E-state index contributed by atoms with van der Waals surface area (Å²) in [6, 6.07) is 5.44. The highest BCUT2D eigenvalue weighted by molar-refractivity contribution is 5.96. The fourth-order valence-electron chi connectivity index (χ4n) is 3.45. The van der Waals surface area contributed by atoms with E-state index in [4.69, 9.17) is 5.73 Å². The van der Waals surface area contributed by atoms with Crippen molar-refractivity contribution >= 4 is 29.9 Å². The molecule has 0 aromatic heterocycles. The van der Waals surface area contributed by atoms with Gasteiger partial charge in [-0.2, -0.15) is 0 Å². The van der Waals surface area contributed by atoms with Gasteiger partial charge in [0.05, 0.1) is 11.5 Å². The third-order valence-electron chi connectivity index (χ3n) is 5.34. The topological polar surface area (TPSA) is 84.2 Å². The summed E-state index contributed by atoms with van der Waals surface area (Å²) in [5, 5.41) is 5.96. The fraction of sp³-hybridized carbons (Fsp3) is 0.600. The summed E-state index contributed by atoms with van der Waals surface area (Å²) in [5.74, 6) is -0.162. The molecule has 0 radical (unpaired) electrons. The molecule has 5 nitrogen and oxygen atoms in total. The first kappa shape index (κ1) is 22.5. The summed E-state index contributed by atoms with van der Waals surface area (Å²) < 4.78 is 0. The van der Waals surface area contributed by atoms with Crippen LogP contribution >= 0.6 is 12.4 Å². The molecule has 1 aliphatic rings. The Hall–Kier alpha value is -1.59. The van der Waals surface area contributed by atoms with E-state index in [1.54, 1.807) is 0 Å². The lowest BCUT2D eigenvalue weighted by atomic mass is 9.84. The minimum atomic E-state index is -0.527. The van der Waals surface area contributed by atoms with Crippen LogP contribution < -0.4 is 16.4 Å². The Morgan fingerprint density at radius 1 is 1.19 bits per heavy atom. The molecule has 1 aromatic rings. The molecule has 2 amide bonds. The van der Waals surface area contributed by atoms with E-state index in [0.717, 1.165) is 43.4 Å². The van der Waals surface area contributed by atoms with Crippen molar-refractivity contribution in [2.45, 2.75) is 65.3 Å². The number of hydrogen-bond acceptors (Lipinski definition) is 3. The monoisotopic (exact) mass is 381 g/mol. The Labute approximate surface area is 162 Å². The Bertz CT molecular complexity index is 627. The predicted octanol–water partition coefficient (Wildman–Crippen LogP) is 3.47. The van der Waals surface area contributed by atoms with Gasteiger partial charge in [0.15, 0.2) is 0 Å². The maximum Gasteiger partial charge on any atom is 0.236 e. The molecule has 0 aliphatic heterocycles. The molecule has 0 bridgehead atoms. The molecule has 1 aromatic carbocycles. The summed E-state index contributed by atoms with van der Waals surface area (Å²) in [5.41, 5.74) is 8.51. The minimum Gasteiger partial charge on any atom is -0.354 e. The maximum absolute atomic E-state index is 12.9. The van der Waals surface area contributed by atoms with Crippen LogP contribution in [0.1, 0.15) is 56.6 Å². The number of anilines is 1. The van der Waals surface area contributed by atoms with Gasteiger partial charge in [0.1, 0.15) is 0 Å². The van der Waals surface area contributed by atoms with Crippen LogP contribution in [-0.2, 0) is 9.59 Å². The van der Waals surface area contributed by atoms with E-state index in [0.29, 0.717) is 13.0 Å². The van der Waals surface area contributed by atoms with Crippen LogP contribution in [0.3, 0.4) is 0 Å². The normalized spacial score (nSPS) is 16.5. The number of aryl methyl sites for hydroxylation is 2. The number of benzene rings is 1. The number of carbonyl (C=O) groups excluding carboxylic acids is 2. The lowest BCUT2D eigenvalue weighted by Gasteiger charge is -2.28. The molecule has 1 unspecified atom stereocenters. The number of amides is 2. The van der Waals surface area contributed by atoms with E-state index in [-0.39, 0.29) is 24.2 Å². The molecule has 4 N–H and O–H groups in total. The minimum absolute atomic E-state index is 0. The second-order valence-corrected chi connectivity index (χ2v) is 7.35. The second kappa shape index (κ2) is 9.93. The van der Waals surface area contributed by atoms with Crippen molar-refractivity contribution in [1.82, 2.24) is 5.32 Å². The van der Waals surface area contributed by atoms with E-state index in [2.05, 4.69) is 17.6 Å². The van der Waals surface area contributed by atoms with E-state index in [1.165, 1.54) is 5.56 Å². The van der Waals surface area contributed by atoms with Crippen LogP contribution in [-0.4, -0.2) is 24.4 Å². The first-order chi connectivity index (χ1) is 11.9. The van der Waals surface area contributed by atoms with Crippen LogP contribution in [0, 0.1) is 19.3 Å². The Morgan fingerprint density at radius 3 is 2.42 bits per heavy atom. The highest BCUT2D eigenvalue weighted by atomic mass is 35.5. The Balaban J connectivity index is 0.00000338. The van der Waals surface area contributed by atoms with Crippen molar-refractivity contribution in [1.29, 1.82) is 0 Å². The van der Waals surface area contributed by atoms with Crippen LogP contribution in [0.4, 0.5) is 5.69 Å². The Morgan fingerprint density at radius 2 is 1.85 bits per heavy atom. The summed E-state index contributed by atoms with van der Waals surface area (Å²) in [6.45, 7) is 6.45. The molecule has 0 saturated heterocycles. The van der Waals surface area contributed by atoms with Gasteiger partial charge in [0, 0.05) is 12.2 Å². The van der Waals surface area contributed by atoms with E-state index in [9.17, 15) is 9.59 Å². The van der Waals surface area contributed by atoms with Gasteiger partial charge >= 0.3 is 0 Å². The highest BCUT2D eigenvalue weighted by Crippen LogP contribution is 2.38. The molecule has 1 aliphatic carbocycles. The summed E-state index contributed by atoms with van der Waals surface area (Å²) in [4.78, 5) is 25.1. The van der Waals surface area contributed by atoms with Crippen molar-refractivity contribution in [3.8, 4) is 0 Å². The lowest BCUT2D eigenvalue weighted by Crippen LogP contribution is -2.48. The molecule has 1 fully saturated rings. The zero-order chi connectivity index (χ0) is 18.4. The van der Waals surface area contributed by atoms with Crippen molar-refractivity contribution in [3.63, 3.8) is 0 Å². The van der Waals surface area contributed by atoms with Gasteiger partial charge in [-0.25, -0.2) is 0 Å². The highest BCUT2D eigenvalue weighted by Gasteiger charge is 2.41. The van der Waals surface area contributed by atoms with E-state index >= 15 is 0 Å². The quantitative estimate of drug-likeness (QED) is 0.676. The van der Waals surface area contributed by atoms with Gasteiger partial charge in [-0.1, -0.05) is 32.3 Å². The molecule has 1 saturated carbocycles. The standard InChI is InChI=1S/C20H31N3O2.ClH/c1-4-7-17(21)18(24)22-13-20(10-5-6-11-20)19(25)23-16-9-8-14(2)15(3)12-16;/h8-9,12,17H,4-7,10-11,13,21H2,1-3H3,(H,22,24)(H,23,25);1H. The number of rotatable bonds is 7. The van der Waals surface area contributed by atoms with Crippen molar-refractivity contribution in [2.75, 3.05) is 11.9 Å². The molecule has 1 atom stereocenters. The van der Waals surface area contributed by atoms with Crippen LogP contribution in [0.2, 0.25) is 0 Å². The molecule has 6 heteroatoms. The second-order valence-electron chi connectivity index (χ2n) is 7.35. The molecule has 146 valence electrons. The van der Waals surface area contributed by atoms with Crippen molar-refractivity contribution in [3.05, 3.63) is 29.3 Å². The average Bonchev–Trinajstić information content (AvgIpc) is 3.06. The van der Waals surface area contributed by atoms with E-state index in [1.807, 2.05) is 32.0 Å². The van der Waals surface area contributed by atoms with Crippen molar-refractivity contribution in [2.24, 2.45) is 11.1 Å². The average molecular weight is 382 g/mol. The third-order valence-corrected chi connectivity index (χ3v) is 5.34. The number of carbonyl (C=O) groups is 2. The maximum atomic E-state index is 12.9. The number of nitrogens with two attached hydrogens (primary N) is 1. The summed E-state index contributed by atoms with van der Waals surface area (Å²) >= 11 is 0. The lowest BCUT2D eigenvalue weighted by molar-refractivity contribution is -0.127. The molecule has 0 heterocycles. The molecular weight excluding hydrogens is 350 g/mol. The fourth-order valence-corrected chi connectivity index (χ4v) is 3.45. The van der Waals surface area contributed by atoms with Crippen molar-refractivity contribution < 1.29 is 9.59 Å². The predicted molar refractivity (Wildman–Crippen MR) is 109 cm³/mol. The first-order valence-corrected chi connectivity index (χ1v) is 9.30. The smallest absolute Gasteiger partial charge is 0.236 e. The van der Waals surface area contributed by atoms with Gasteiger partial charge in [0.25, 0.3) is 0 Å². The van der Waals surface area contributed by atoms with E-state index < -0.39 is 11.5 Å².